The van der Waals surface area contributed by atoms with Gasteiger partial charge >= 0.3 is 0 Å². The number of sulfonamides is 1. The summed E-state index contributed by atoms with van der Waals surface area (Å²) in [7, 11) is -4.09. The molecule has 0 spiro atoms. The standard InChI is InChI=1S/C21H21F2N3O3S2/c1-12-9-17-18(10-13(12)2)30-21(24-17)25-20(27)14-5-7-26(8-6-14)31(28,29)19-4-3-15(22)11-16(19)23/h3-4,9-11,14H,5-8H2,1-2H3,(H,24,25,27). The van der Waals surface area contributed by atoms with Crippen molar-refractivity contribution < 1.29 is 22.0 Å². The quantitative estimate of drug-likeness (QED) is 0.625. The lowest BCUT2D eigenvalue weighted by molar-refractivity contribution is -0.120. The van der Waals surface area contributed by atoms with Gasteiger partial charge in [-0.1, -0.05) is 11.3 Å². The number of piperidine rings is 1. The van der Waals surface area contributed by atoms with Crippen LogP contribution >= 0.6 is 11.3 Å². The van der Waals surface area contributed by atoms with Gasteiger partial charge in [0.2, 0.25) is 15.9 Å². The van der Waals surface area contributed by atoms with E-state index in [1.54, 1.807) is 0 Å². The van der Waals surface area contributed by atoms with Gasteiger partial charge in [0.05, 0.1) is 10.2 Å². The smallest absolute Gasteiger partial charge is 0.245 e. The lowest BCUT2D eigenvalue weighted by Gasteiger charge is -2.30. The summed E-state index contributed by atoms with van der Waals surface area (Å²) < 4.78 is 54.6. The Morgan fingerprint density at radius 3 is 2.48 bits per heavy atom. The van der Waals surface area contributed by atoms with Gasteiger partial charge in [-0.25, -0.2) is 22.2 Å². The molecule has 1 aliphatic heterocycles. The minimum atomic E-state index is -4.09. The van der Waals surface area contributed by atoms with Crippen molar-refractivity contribution >= 4 is 42.6 Å². The van der Waals surface area contributed by atoms with Crippen LogP contribution in [-0.2, 0) is 14.8 Å². The van der Waals surface area contributed by atoms with Crippen molar-refractivity contribution in [1.82, 2.24) is 9.29 Å². The largest absolute Gasteiger partial charge is 0.302 e. The highest BCUT2D eigenvalue weighted by Crippen LogP contribution is 2.30. The molecule has 1 saturated heterocycles. The van der Waals surface area contributed by atoms with E-state index in [-0.39, 0.29) is 24.9 Å². The van der Waals surface area contributed by atoms with Crippen molar-refractivity contribution in [3.05, 3.63) is 53.1 Å². The first-order valence-corrected chi connectivity index (χ1v) is 12.0. The molecule has 0 unspecified atom stereocenters. The molecule has 1 amide bonds. The number of nitrogens with zero attached hydrogens (tertiary/aromatic N) is 2. The van der Waals surface area contributed by atoms with E-state index < -0.39 is 26.6 Å². The van der Waals surface area contributed by atoms with Crippen LogP contribution in [0.25, 0.3) is 10.2 Å². The Morgan fingerprint density at radius 2 is 1.81 bits per heavy atom. The second-order valence-electron chi connectivity index (χ2n) is 7.67. The Labute approximate surface area is 183 Å². The molecule has 0 saturated carbocycles. The molecule has 164 valence electrons. The predicted octanol–water partition coefficient (Wildman–Crippen LogP) is 4.23. The number of thiazole rings is 1. The van der Waals surface area contributed by atoms with Crippen LogP contribution < -0.4 is 5.32 Å². The first kappa shape index (κ1) is 21.8. The van der Waals surface area contributed by atoms with E-state index in [0.717, 1.165) is 37.8 Å². The average Bonchev–Trinajstić information content (AvgIpc) is 3.09. The summed E-state index contributed by atoms with van der Waals surface area (Å²) in [4.78, 5) is 16.6. The summed E-state index contributed by atoms with van der Waals surface area (Å²) in [6.45, 7) is 4.18. The van der Waals surface area contributed by atoms with Gasteiger partial charge in [-0.2, -0.15) is 4.31 Å². The molecule has 4 rings (SSSR count). The van der Waals surface area contributed by atoms with E-state index in [1.165, 1.54) is 11.3 Å². The molecular weight excluding hydrogens is 444 g/mol. The number of carbonyl (C=O) groups excluding carboxylic acids is 1. The van der Waals surface area contributed by atoms with Gasteiger partial charge in [-0.15, -0.1) is 0 Å². The number of aromatic nitrogens is 1. The molecule has 6 nitrogen and oxygen atoms in total. The van der Waals surface area contributed by atoms with Gasteiger partial charge < -0.3 is 5.32 Å². The second-order valence-corrected chi connectivity index (χ2v) is 10.6. The minimum absolute atomic E-state index is 0.0788. The molecule has 1 fully saturated rings. The van der Waals surface area contributed by atoms with E-state index >= 15 is 0 Å². The fourth-order valence-corrected chi connectivity index (χ4v) is 6.09. The van der Waals surface area contributed by atoms with Crippen LogP contribution in [0.1, 0.15) is 24.0 Å². The first-order valence-electron chi connectivity index (χ1n) is 9.79. The SMILES string of the molecule is Cc1cc2nc(NC(=O)C3CCN(S(=O)(=O)c4ccc(F)cc4F)CC3)sc2cc1C. The van der Waals surface area contributed by atoms with Crippen LogP contribution in [0.15, 0.2) is 35.2 Å². The maximum absolute atomic E-state index is 14.0. The third-order valence-electron chi connectivity index (χ3n) is 5.57. The third-order valence-corrected chi connectivity index (χ3v) is 8.44. The highest BCUT2D eigenvalue weighted by Gasteiger charge is 2.33. The first-order chi connectivity index (χ1) is 14.6. The number of halogens is 2. The lowest BCUT2D eigenvalue weighted by Crippen LogP contribution is -2.41. The number of amides is 1. The van der Waals surface area contributed by atoms with Gasteiger partial charge in [0.1, 0.15) is 16.5 Å². The monoisotopic (exact) mass is 465 g/mol. The van der Waals surface area contributed by atoms with E-state index in [2.05, 4.69) is 10.3 Å². The summed E-state index contributed by atoms with van der Waals surface area (Å²) >= 11 is 1.40. The molecule has 1 aromatic heterocycles. The molecule has 10 heteroatoms. The van der Waals surface area contributed by atoms with Crippen molar-refractivity contribution in [2.75, 3.05) is 18.4 Å². The minimum Gasteiger partial charge on any atom is -0.302 e. The molecule has 31 heavy (non-hydrogen) atoms. The molecule has 1 N–H and O–H groups in total. The average molecular weight is 466 g/mol. The summed E-state index contributed by atoms with van der Waals surface area (Å²) in [6, 6.07) is 6.41. The number of anilines is 1. The number of benzene rings is 2. The molecule has 0 radical (unpaired) electrons. The Kier molecular flexibility index (Phi) is 5.80. The zero-order valence-corrected chi connectivity index (χ0v) is 18.6. The number of hydrogen-bond acceptors (Lipinski definition) is 5. The molecule has 2 aromatic carbocycles. The maximum atomic E-state index is 14.0. The number of nitrogens with one attached hydrogen (secondary N) is 1. The fourth-order valence-electron chi connectivity index (χ4n) is 3.62. The number of carbonyl (C=O) groups is 1. The van der Waals surface area contributed by atoms with Crippen LogP contribution in [-0.4, -0.2) is 36.7 Å². The van der Waals surface area contributed by atoms with Gasteiger partial charge in [0.25, 0.3) is 0 Å². The van der Waals surface area contributed by atoms with Crippen LogP contribution in [0.2, 0.25) is 0 Å². The number of aryl methyl sites for hydroxylation is 2. The summed E-state index contributed by atoms with van der Waals surface area (Å²) in [5, 5.41) is 3.35. The molecule has 0 atom stereocenters. The normalized spacial score (nSPS) is 16.0. The number of hydrogen-bond donors (Lipinski definition) is 1. The summed E-state index contributed by atoms with van der Waals surface area (Å²) in [5.41, 5.74) is 3.10. The van der Waals surface area contributed by atoms with Crippen molar-refractivity contribution in [3.63, 3.8) is 0 Å². The van der Waals surface area contributed by atoms with Crippen molar-refractivity contribution in [2.45, 2.75) is 31.6 Å². The topological polar surface area (TPSA) is 79.4 Å². The predicted molar refractivity (Wildman–Crippen MR) is 116 cm³/mol. The van der Waals surface area contributed by atoms with Crippen molar-refractivity contribution in [3.8, 4) is 0 Å². The molecule has 2 heterocycles. The van der Waals surface area contributed by atoms with Crippen LogP contribution in [0.4, 0.5) is 13.9 Å². The Morgan fingerprint density at radius 1 is 1.13 bits per heavy atom. The highest BCUT2D eigenvalue weighted by atomic mass is 32.2. The van der Waals surface area contributed by atoms with Crippen molar-refractivity contribution in [2.24, 2.45) is 5.92 Å². The van der Waals surface area contributed by atoms with Gasteiger partial charge in [0.15, 0.2) is 5.13 Å². The molecule has 3 aromatic rings. The van der Waals surface area contributed by atoms with Gasteiger partial charge in [-0.05, 0) is 62.1 Å². The number of rotatable bonds is 4. The van der Waals surface area contributed by atoms with Crippen LogP contribution in [0, 0.1) is 31.4 Å². The van der Waals surface area contributed by atoms with E-state index in [1.807, 2.05) is 26.0 Å². The Balaban J connectivity index is 1.42. The van der Waals surface area contributed by atoms with E-state index in [9.17, 15) is 22.0 Å². The molecule has 0 aliphatic carbocycles. The second kappa shape index (κ2) is 8.25. The summed E-state index contributed by atoms with van der Waals surface area (Å²) in [5.74, 6) is -2.55. The molecular formula is C21H21F2N3O3S2. The van der Waals surface area contributed by atoms with Crippen molar-refractivity contribution in [1.29, 1.82) is 0 Å². The zero-order valence-electron chi connectivity index (χ0n) is 17.0. The molecule has 1 aliphatic rings. The number of fused-ring (bicyclic) bond motifs is 1. The fraction of sp³-hybridized carbons (Fsp3) is 0.333. The van der Waals surface area contributed by atoms with Crippen LogP contribution in [0.5, 0.6) is 0 Å². The Hall–Kier alpha value is -2.43. The van der Waals surface area contributed by atoms with Gasteiger partial charge in [0, 0.05) is 25.1 Å². The highest BCUT2D eigenvalue weighted by molar-refractivity contribution is 7.89. The third kappa shape index (κ3) is 4.32. The lowest BCUT2D eigenvalue weighted by atomic mass is 9.97. The van der Waals surface area contributed by atoms with E-state index in [4.69, 9.17) is 0 Å². The zero-order chi connectivity index (χ0) is 22.3. The molecule has 0 bridgehead atoms. The van der Waals surface area contributed by atoms with E-state index in [0.29, 0.717) is 24.0 Å². The van der Waals surface area contributed by atoms with Crippen LogP contribution in [0.3, 0.4) is 0 Å². The van der Waals surface area contributed by atoms with Gasteiger partial charge in [-0.3, -0.25) is 4.79 Å². The Bertz CT molecular complexity index is 1230. The maximum Gasteiger partial charge on any atom is 0.245 e. The summed E-state index contributed by atoms with van der Waals surface area (Å²) in [6.07, 6.45) is 0.605.